The fraction of sp³-hybridized carbons (Fsp3) is 0.0476. The van der Waals surface area contributed by atoms with Crippen molar-refractivity contribution in [1.82, 2.24) is 19.9 Å². The van der Waals surface area contributed by atoms with Crippen LogP contribution in [0, 0.1) is 0 Å². The van der Waals surface area contributed by atoms with Crippen LogP contribution in [0.15, 0.2) is 84.3 Å². The van der Waals surface area contributed by atoms with Gasteiger partial charge < -0.3 is 11.2 Å². The topological polar surface area (TPSA) is 98.7 Å². The van der Waals surface area contributed by atoms with Crippen LogP contribution in [0.1, 0.15) is 0 Å². The molecule has 0 unspecified atom stereocenters. The Kier molecular flexibility index (Phi) is 5.53. The molecule has 0 aliphatic rings. The van der Waals surface area contributed by atoms with E-state index in [0.29, 0.717) is 11.0 Å². The number of nitrogen functional groups attached to an aromatic ring is 1. The van der Waals surface area contributed by atoms with E-state index in [2.05, 4.69) is 20.5 Å². The first-order valence-electron chi connectivity index (χ1n) is 8.90. The molecule has 144 valence electrons. The Morgan fingerprint density at radius 2 is 1.66 bits per heavy atom. The van der Waals surface area contributed by atoms with E-state index >= 15 is 0 Å². The Morgan fingerprint density at radius 1 is 0.931 bits per heavy atom. The summed E-state index contributed by atoms with van der Waals surface area (Å²) >= 11 is 1.22. The smallest absolute Gasteiger partial charge is 0.234 e. The molecule has 0 bridgehead atoms. The summed E-state index contributed by atoms with van der Waals surface area (Å²) in [7, 11) is 0. The van der Waals surface area contributed by atoms with Crippen molar-refractivity contribution in [2.75, 3.05) is 16.9 Å². The lowest BCUT2D eigenvalue weighted by Crippen LogP contribution is -2.16. The zero-order chi connectivity index (χ0) is 20.1. The van der Waals surface area contributed by atoms with Crippen molar-refractivity contribution in [2.24, 2.45) is 0 Å². The minimum absolute atomic E-state index is 0.145. The standard InChI is InChI=1S/C21H18N6OS/c22-27-20(17-7-4-12-23-13-17)25-26-21(27)29-14-19(28)24-18-10-8-16(9-11-18)15-5-2-1-3-6-15/h1-13H,14,22H2,(H,24,28). The lowest BCUT2D eigenvalue weighted by molar-refractivity contribution is -0.113. The van der Waals surface area contributed by atoms with Crippen molar-refractivity contribution in [3.05, 3.63) is 79.1 Å². The summed E-state index contributed by atoms with van der Waals surface area (Å²) in [5.74, 6) is 6.58. The molecule has 0 radical (unpaired) electrons. The van der Waals surface area contributed by atoms with Gasteiger partial charge in [0.15, 0.2) is 5.82 Å². The highest BCUT2D eigenvalue weighted by atomic mass is 32.2. The highest BCUT2D eigenvalue weighted by Crippen LogP contribution is 2.23. The Labute approximate surface area is 172 Å². The van der Waals surface area contributed by atoms with E-state index in [1.54, 1.807) is 18.5 Å². The van der Waals surface area contributed by atoms with Gasteiger partial charge in [-0.1, -0.05) is 54.2 Å². The lowest BCUT2D eigenvalue weighted by Gasteiger charge is -2.07. The molecular formula is C21H18N6OS. The van der Waals surface area contributed by atoms with Crippen molar-refractivity contribution in [1.29, 1.82) is 0 Å². The van der Waals surface area contributed by atoms with Gasteiger partial charge in [0, 0.05) is 23.6 Å². The number of rotatable bonds is 6. The van der Waals surface area contributed by atoms with Gasteiger partial charge in [0.05, 0.1) is 5.75 Å². The molecule has 2 heterocycles. The number of pyridine rings is 1. The molecule has 29 heavy (non-hydrogen) atoms. The summed E-state index contributed by atoms with van der Waals surface area (Å²) < 4.78 is 1.36. The number of benzene rings is 2. The molecule has 0 aliphatic heterocycles. The van der Waals surface area contributed by atoms with Crippen LogP contribution >= 0.6 is 11.8 Å². The van der Waals surface area contributed by atoms with Crippen LogP contribution in [-0.2, 0) is 4.79 Å². The second kappa shape index (κ2) is 8.57. The maximum atomic E-state index is 12.3. The zero-order valence-corrected chi connectivity index (χ0v) is 16.2. The number of aromatic nitrogens is 4. The molecule has 8 heteroatoms. The first-order chi connectivity index (χ1) is 14.2. The van der Waals surface area contributed by atoms with Crippen molar-refractivity contribution in [3.63, 3.8) is 0 Å². The molecule has 4 aromatic rings. The second-order valence-electron chi connectivity index (χ2n) is 6.20. The quantitative estimate of drug-likeness (QED) is 0.379. The van der Waals surface area contributed by atoms with Gasteiger partial charge >= 0.3 is 0 Å². The Hall–Kier alpha value is -3.65. The number of nitrogens with one attached hydrogen (secondary N) is 1. The number of carbonyl (C=O) groups excluding carboxylic acids is 1. The van der Waals surface area contributed by atoms with E-state index in [1.165, 1.54) is 16.4 Å². The predicted octanol–water partition coefficient (Wildman–Crippen LogP) is 3.45. The van der Waals surface area contributed by atoms with Crippen LogP contribution in [0.3, 0.4) is 0 Å². The molecule has 0 saturated carbocycles. The van der Waals surface area contributed by atoms with Gasteiger partial charge in [-0.2, -0.15) is 0 Å². The summed E-state index contributed by atoms with van der Waals surface area (Å²) in [5.41, 5.74) is 3.72. The molecule has 0 fully saturated rings. The minimum atomic E-state index is -0.145. The molecule has 2 aromatic carbocycles. The zero-order valence-electron chi connectivity index (χ0n) is 15.4. The summed E-state index contributed by atoms with van der Waals surface area (Å²) in [6, 6.07) is 21.5. The molecule has 7 nitrogen and oxygen atoms in total. The minimum Gasteiger partial charge on any atom is -0.335 e. The monoisotopic (exact) mass is 402 g/mol. The highest BCUT2D eigenvalue weighted by molar-refractivity contribution is 7.99. The van der Waals surface area contributed by atoms with Crippen LogP contribution in [0.4, 0.5) is 5.69 Å². The van der Waals surface area contributed by atoms with Crippen LogP contribution in [0.2, 0.25) is 0 Å². The van der Waals surface area contributed by atoms with Crippen LogP contribution in [-0.4, -0.2) is 31.5 Å². The van der Waals surface area contributed by atoms with E-state index in [0.717, 1.165) is 22.4 Å². The average molecular weight is 402 g/mol. The largest absolute Gasteiger partial charge is 0.335 e. The van der Waals surface area contributed by atoms with Gasteiger partial charge in [0.2, 0.25) is 11.1 Å². The van der Waals surface area contributed by atoms with Crippen molar-refractivity contribution >= 4 is 23.4 Å². The highest BCUT2D eigenvalue weighted by Gasteiger charge is 2.14. The number of hydrogen-bond donors (Lipinski definition) is 2. The molecule has 0 saturated heterocycles. The first-order valence-corrected chi connectivity index (χ1v) is 9.88. The SMILES string of the molecule is Nn1c(SCC(=O)Nc2ccc(-c3ccccc3)cc2)nnc1-c1cccnc1. The van der Waals surface area contributed by atoms with Crippen molar-refractivity contribution in [2.45, 2.75) is 5.16 Å². The normalized spacial score (nSPS) is 10.6. The third kappa shape index (κ3) is 4.44. The van der Waals surface area contributed by atoms with E-state index < -0.39 is 0 Å². The number of amides is 1. The second-order valence-corrected chi connectivity index (χ2v) is 7.14. The third-order valence-corrected chi connectivity index (χ3v) is 5.14. The van der Waals surface area contributed by atoms with Crippen LogP contribution < -0.4 is 11.2 Å². The molecule has 0 aliphatic carbocycles. The molecule has 3 N–H and O–H groups in total. The fourth-order valence-electron chi connectivity index (χ4n) is 2.77. The lowest BCUT2D eigenvalue weighted by atomic mass is 10.1. The molecule has 0 atom stereocenters. The number of thioether (sulfide) groups is 1. The molecule has 1 amide bonds. The summed E-state index contributed by atoms with van der Waals surface area (Å²) in [4.78, 5) is 16.3. The fourth-order valence-corrected chi connectivity index (χ4v) is 3.43. The molecule has 4 rings (SSSR count). The maximum Gasteiger partial charge on any atom is 0.234 e. The van der Waals surface area contributed by atoms with Gasteiger partial charge in [-0.3, -0.25) is 9.78 Å². The number of nitrogens with zero attached hydrogens (tertiary/aromatic N) is 4. The Morgan fingerprint density at radius 3 is 2.38 bits per heavy atom. The number of hydrogen-bond acceptors (Lipinski definition) is 6. The van der Waals surface area contributed by atoms with Gasteiger partial charge in [-0.15, -0.1) is 10.2 Å². The van der Waals surface area contributed by atoms with Crippen LogP contribution in [0.25, 0.3) is 22.5 Å². The van der Waals surface area contributed by atoms with Gasteiger partial charge in [0.1, 0.15) is 0 Å². The summed E-state index contributed by atoms with van der Waals surface area (Å²) in [5, 5.41) is 11.5. The van der Waals surface area contributed by atoms with E-state index in [9.17, 15) is 4.79 Å². The van der Waals surface area contributed by atoms with E-state index in [1.807, 2.05) is 60.7 Å². The maximum absolute atomic E-state index is 12.3. The Bertz CT molecular complexity index is 1100. The number of carbonyl (C=O) groups is 1. The van der Waals surface area contributed by atoms with Crippen molar-refractivity contribution < 1.29 is 4.79 Å². The number of anilines is 1. The summed E-state index contributed by atoms with van der Waals surface area (Å²) in [6.07, 6.45) is 3.33. The first kappa shape index (κ1) is 18.7. The van der Waals surface area contributed by atoms with E-state index in [-0.39, 0.29) is 11.7 Å². The number of nitrogens with two attached hydrogens (primary N) is 1. The molecular weight excluding hydrogens is 384 g/mol. The molecule has 0 spiro atoms. The predicted molar refractivity (Wildman–Crippen MR) is 115 cm³/mol. The van der Waals surface area contributed by atoms with Crippen LogP contribution in [0.5, 0.6) is 0 Å². The molecule has 2 aromatic heterocycles. The summed E-state index contributed by atoms with van der Waals surface area (Å²) in [6.45, 7) is 0. The van der Waals surface area contributed by atoms with Gasteiger partial charge in [-0.05, 0) is 35.4 Å². The van der Waals surface area contributed by atoms with Gasteiger partial charge in [0.25, 0.3) is 0 Å². The third-order valence-electron chi connectivity index (χ3n) is 4.19. The Balaban J connectivity index is 1.35. The van der Waals surface area contributed by atoms with Crippen molar-refractivity contribution in [3.8, 4) is 22.5 Å². The average Bonchev–Trinajstić information content (AvgIpc) is 3.14. The van der Waals surface area contributed by atoms with E-state index in [4.69, 9.17) is 5.84 Å². The van der Waals surface area contributed by atoms with Gasteiger partial charge in [-0.25, -0.2) is 4.68 Å².